The van der Waals surface area contributed by atoms with Gasteiger partial charge < -0.3 is 5.73 Å². The maximum Gasteiger partial charge on any atom is 0.203 e. The minimum Gasteiger partial charge on any atom is -0.330 e. The van der Waals surface area contributed by atoms with Gasteiger partial charge in [-0.15, -0.1) is 20.4 Å². The van der Waals surface area contributed by atoms with Crippen molar-refractivity contribution < 1.29 is 0 Å². The summed E-state index contributed by atoms with van der Waals surface area (Å²) >= 11 is 2.25. The lowest BCUT2D eigenvalue weighted by molar-refractivity contribution is 0.752. The van der Waals surface area contributed by atoms with Crippen LogP contribution in [0.3, 0.4) is 0 Å². The van der Waals surface area contributed by atoms with Crippen LogP contribution in [0.4, 0.5) is 0 Å². The van der Waals surface area contributed by atoms with Crippen molar-refractivity contribution in [2.24, 2.45) is 5.73 Å². The Balaban J connectivity index is 2.24. The molecule has 6 heteroatoms. The van der Waals surface area contributed by atoms with E-state index in [1.807, 2.05) is 24.3 Å². The van der Waals surface area contributed by atoms with Gasteiger partial charge in [0.25, 0.3) is 0 Å². The first-order chi connectivity index (χ1) is 7.79. The SMILES string of the molecule is NCCc1nnc(-c2ccc(I)cc2)nn1. The summed E-state index contributed by atoms with van der Waals surface area (Å²) in [5.74, 6) is 1.12. The van der Waals surface area contributed by atoms with E-state index in [1.54, 1.807) is 0 Å². The molecule has 0 saturated heterocycles. The van der Waals surface area contributed by atoms with E-state index < -0.39 is 0 Å². The number of benzene rings is 1. The van der Waals surface area contributed by atoms with Gasteiger partial charge in [0.2, 0.25) is 5.82 Å². The molecule has 0 aliphatic heterocycles. The lowest BCUT2D eigenvalue weighted by atomic mass is 10.2. The summed E-state index contributed by atoms with van der Waals surface area (Å²) in [6.45, 7) is 0.506. The lowest BCUT2D eigenvalue weighted by Crippen LogP contribution is -2.09. The van der Waals surface area contributed by atoms with Crippen molar-refractivity contribution in [1.29, 1.82) is 0 Å². The summed E-state index contributed by atoms with van der Waals surface area (Å²) in [4.78, 5) is 0. The predicted octanol–water partition coefficient (Wildman–Crippen LogP) is 1.04. The van der Waals surface area contributed by atoms with E-state index in [-0.39, 0.29) is 0 Å². The molecule has 1 aromatic heterocycles. The van der Waals surface area contributed by atoms with Crippen molar-refractivity contribution in [2.45, 2.75) is 6.42 Å². The molecular weight excluding hydrogens is 317 g/mol. The first-order valence-corrected chi connectivity index (χ1v) is 5.90. The van der Waals surface area contributed by atoms with Crippen molar-refractivity contribution in [3.8, 4) is 11.4 Å². The zero-order valence-electron chi connectivity index (χ0n) is 8.47. The van der Waals surface area contributed by atoms with Gasteiger partial charge in [0.15, 0.2) is 5.82 Å². The summed E-state index contributed by atoms with van der Waals surface area (Å²) in [6, 6.07) is 7.88. The summed E-state index contributed by atoms with van der Waals surface area (Å²) < 4.78 is 1.17. The number of halogens is 1. The van der Waals surface area contributed by atoms with Crippen LogP contribution in [0.5, 0.6) is 0 Å². The molecule has 1 aromatic carbocycles. The average molecular weight is 327 g/mol. The fourth-order valence-corrected chi connectivity index (χ4v) is 1.55. The average Bonchev–Trinajstić information content (AvgIpc) is 2.32. The standard InChI is InChI=1S/C10H10IN5/c11-8-3-1-7(2-4-8)10-15-13-9(5-6-12)14-16-10/h1-4H,5-6,12H2. The smallest absolute Gasteiger partial charge is 0.203 e. The Labute approximate surface area is 107 Å². The number of nitrogens with zero attached hydrogens (tertiary/aromatic N) is 4. The lowest BCUT2D eigenvalue weighted by Gasteiger charge is -1.99. The van der Waals surface area contributed by atoms with E-state index in [0.29, 0.717) is 24.6 Å². The highest BCUT2D eigenvalue weighted by Gasteiger charge is 2.03. The van der Waals surface area contributed by atoms with Gasteiger partial charge in [-0.25, -0.2) is 0 Å². The van der Waals surface area contributed by atoms with Gasteiger partial charge in [0.1, 0.15) is 0 Å². The monoisotopic (exact) mass is 327 g/mol. The third-order valence-corrected chi connectivity index (χ3v) is 2.71. The molecule has 0 saturated carbocycles. The first-order valence-electron chi connectivity index (χ1n) is 4.82. The number of hydrogen-bond acceptors (Lipinski definition) is 5. The fourth-order valence-electron chi connectivity index (χ4n) is 1.19. The van der Waals surface area contributed by atoms with Gasteiger partial charge in [0.05, 0.1) is 0 Å². The molecular formula is C10H10IN5. The van der Waals surface area contributed by atoms with Crippen LogP contribution < -0.4 is 5.73 Å². The zero-order valence-corrected chi connectivity index (χ0v) is 10.6. The highest BCUT2D eigenvalue weighted by molar-refractivity contribution is 14.1. The second-order valence-corrected chi connectivity index (χ2v) is 4.43. The second kappa shape index (κ2) is 5.26. The van der Waals surface area contributed by atoms with Crippen LogP contribution in [0.15, 0.2) is 24.3 Å². The quantitative estimate of drug-likeness (QED) is 0.853. The highest BCUT2D eigenvalue weighted by atomic mass is 127. The summed E-state index contributed by atoms with van der Waals surface area (Å²) in [5.41, 5.74) is 6.31. The first kappa shape index (κ1) is 11.3. The van der Waals surface area contributed by atoms with Gasteiger partial charge in [-0.05, 0) is 41.3 Å². The molecule has 1 heterocycles. The topological polar surface area (TPSA) is 77.6 Å². The minimum atomic E-state index is 0.506. The van der Waals surface area contributed by atoms with E-state index in [1.165, 1.54) is 3.57 Å². The Morgan fingerprint density at radius 1 is 1.00 bits per heavy atom. The molecule has 0 aliphatic rings. The molecule has 2 rings (SSSR count). The second-order valence-electron chi connectivity index (χ2n) is 3.19. The molecule has 5 nitrogen and oxygen atoms in total. The van der Waals surface area contributed by atoms with Crippen LogP contribution in [-0.4, -0.2) is 26.9 Å². The van der Waals surface area contributed by atoms with Gasteiger partial charge in [0, 0.05) is 15.6 Å². The maximum absolute atomic E-state index is 5.39. The number of nitrogens with two attached hydrogens (primary N) is 1. The molecule has 0 bridgehead atoms. The van der Waals surface area contributed by atoms with Crippen LogP contribution >= 0.6 is 22.6 Å². The Morgan fingerprint density at radius 2 is 1.62 bits per heavy atom. The Bertz CT molecular complexity index is 454. The van der Waals surface area contributed by atoms with Gasteiger partial charge in [-0.3, -0.25) is 0 Å². The largest absolute Gasteiger partial charge is 0.330 e. The maximum atomic E-state index is 5.39. The van der Waals surface area contributed by atoms with Crippen LogP contribution in [0.2, 0.25) is 0 Å². The molecule has 0 radical (unpaired) electrons. The molecule has 0 spiro atoms. The zero-order chi connectivity index (χ0) is 11.4. The minimum absolute atomic E-state index is 0.506. The van der Waals surface area contributed by atoms with Crippen molar-refractivity contribution >= 4 is 22.6 Å². The molecule has 0 aliphatic carbocycles. The van der Waals surface area contributed by atoms with Gasteiger partial charge in [-0.2, -0.15) is 0 Å². The van der Waals surface area contributed by atoms with Crippen LogP contribution in [0.1, 0.15) is 5.82 Å². The molecule has 82 valence electrons. The van der Waals surface area contributed by atoms with Crippen molar-refractivity contribution in [3.05, 3.63) is 33.7 Å². The highest BCUT2D eigenvalue weighted by Crippen LogP contribution is 2.14. The van der Waals surface area contributed by atoms with E-state index in [9.17, 15) is 0 Å². The van der Waals surface area contributed by atoms with Gasteiger partial charge >= 0.3 is 0 Å². The number of aromatic nitrogens is 4. The molecule has 0 atom stereocenters. The van der Waals surface area contributed by atoms with Crippen molar-refractivity contribution in [1.82, 2.24) is 20.4 Å². The Kier molecular flexibility index (Phi) is 3.73. The third kappa shape index (κ3) is 2.70. The van der Waals surface area contributed by atoms with Crippen LogP contribution in [-0.2, 0) is 6.42 Å². The Morgan fingerprint density at radius 3 is 2.19 bits per heavy atom. The Hall–Kier alpha value is -1.15. The van der Waals surface area contributed by atoms with Crippen molar-refractivity contribution in [3.63, 3.8) is 0 Å². The molecule has 2 N–H and O–H groups in total. The fraction of sp³-hybridized carbons (Fsp3) is 0.200. The summed E-state index contributed by atoms with van der Waals surface area (Å²) in [5, 5.41) is 16.0. The van der Waals surface area contributed by atoms with Gasteiger partial charge in [-0.1, -0.05) is 12.1 Å². The summed E-state index contributed by atoms with van der Waals surface area (Å²) in [7, 11) is 0. The van der Waals surface area contributed by atoms with Crippen molar-refractivity contribution in [2.75, 3.05) is 6.54 Å². The van der Waals surface area contributed by atoms with E-state index in [2.05, 4.69) is 43.0 Å². The number of hydrogen-bond donors (Lipinski definition) is 1. The molecule has 0 amide bonds. The number of rotatable bonds is 3. The van der Waals surface area contributed by atoms with Crippen LogP contribution in [0.25, 0.3) is 11.4 Å². The molecule has 2 aromatic rings. The normalized spacial score (nSPS) is 10.4. The molecule has 0 unspecified atom stereocenters. The third-order valence-electron chi connectivity index (χ3n) is 1.99. The van der Waals surface area contributed by atoms with E-state index >= 15 is 0 Å². The van der Waals surface area contributed by atoms with E-state index in [0.717, 1.165) is 5.56 Å². The predicted molar refractivity (Wildman–Crippen MR) is 68.5 cm³/mol. The van der Waals surface area contributed by atoms with E-state index in [4.69, 9.17) is 5.73 Å². The summed E-state index contributed by atoms with van der Waals surface area (Å²) in [6.07, 6.45) is 0.604. The molecule has 16 heavy (non-hydrogen) atoms. The molecule has 0 fully saturated rings. The van der Waals surface area contributed by atoms with Crippen LogP contribution in [0, 0.1) is 3.57 Å².